The summed E-state index contributed by atoms with van der Waals surface area (Å²) < 4.78 is 0. The summed E-state index contributed by atoms with van der Waals surface area (Å²) in [5.41, 5.74) is 0.662. The van der Waals surface area contributed by atoms with E-state index in [2.05, 4.69) is 10.6 Å². The van der Waals surface area contributed by atoms with Gasteiger partial charge in [-0.15, -0.1) is 0 Å². The van der Waals surface area contributed by atoms with Crippen molar-refractivity contribution in [3.05, 3.63) is 33.9 Å². The Kier molecular flexibility index (Phi) is 4.31. The standard InChI is InChI=1S/C13H16N4O2/c14-9-10-3-4-12(8-13(10)17(18)19)16-11-2-1-6-15-7-5-11/h3-4,8,11,15-16H,1-2,5-7H2. The van der Waals surface area contributed by atoms with Crippen molar-refractivity contribution in [1.82, 2.24) is 5.32 Å². The number of nitro groups is 1. The maximum Gasteiger partial charge on any atom is 0.289 e. The minimum atomic E-state index is -0.515. The Morgan fingerprint density at radius 1 is 1.42 bits per heavy atom. The van der Waals surface area contributed by atoms with Crippen LogP contribution >= 0.6 is 0 Å². The van der Waals surface area contributed by atoms with Gasteiger partial charge in [0.1, 0.15) is 11.6 Å². The average Bonchev–Trinajstić information content (AvgIpc) is 2.67. The third-order valence-corrected chi connectivity index (χ3v) is 3.26. The van der Waals surface area contributed by atoms with Crippen molar-refractivity contribution >= 4 is 11.4 Å². The van der Waals surface area contributed by atoms with Crippen LogP contribution in [-0.2, 0) is 0 Å². The molecule has 100 valence electrons. The fourth-order valence-electron chi connectivity index (χ4n) is 2.27. The molecule has 1 fully saturated rings. The number of nitriles is 1. The predicted octanol–water partition coefficient (Wildman–Crippen LogP) is 2.02. The lowest BCUT2D eigenvalue weighted by Crippen LogP contribution is -2.21. The second-order valence-electron chi connectivity index (χ2n) is 4.62. The number of rotatable bonds is 3. The van der Waals surface area contributed by atoms with Crippen molar-refractivity contribution in [2.45, 2.75) is 25.3 Å². The highest BCUT2D eigenvalue weighted by Gasteiger charge is 2.16. The molecule has 1 aromatic rings. The van der Waals surface area contributed by atoms with Gasteiger partial charge in [-0.25, -0.2) is 0 Å². The molecule has 0 amide bonds. The van der Waals surface area contributed by atoms with Crippen molar-refractivity contribution < 1.29 is 4.92 Å². The minimum Gasteiger partial charge on any atom is -0.382 e. The normalized spacial score (nSPS) is 19.2. The van der Waals surface area contributed by atoms with Crippen molar-refractivity contribution in [2.75, 3.05) is 18.4 Å². The van der Waals surface area contributed by atoms with Crippen LogP contribution in [-0.4, -0.2) is 24.1 Å². The molecule has 6 heteroatoms. The lowest BCUT2D eigenvalue weighted by atomic mass is 10.1. The van der Waals surface area contributed by atoms with Crippen LogP contribution < -0.4 is 10.6 Å². The first kappa shape index (κ1) is 13.3. The molecule has 0 saturated carbocycles. The second-order valence-corrected chi connectivity index (χ2v) is 4.62. The van der Waals surface area contributed by atoms with Crippen molar-refractivity contribution in [3.8, 4) is 6.07 Å². The van der Waals surface area contributed by atoms with Crippen molar-refractivity contribution in [3.63, 3.8) is 0 Å². The van der Waals surface area contributed by atoms with Gasteiger partial charge in [-0.2, -0.15) is 5.26 Å². The zero-order chi connectivity index (χ0) is 13.7. The molecule has 0 aromatic heterocycles. The molecular weight excluding hydrogens is 244 g/mol. The predicted molar refractivity (Wildman–Crippen MR) is 71.9 cm³/mol. The molecule has 0 radical (unpaired) electrons. The topological polar surface area (TPSA) is 91.0 Å². The first-order valence-electron chi connectivity index (χ1n) is 6.36. The van der Waals surface area contributed by atoms with Crippen LogP contribution in [0.25, 0.3) is 0 Å². The van der Waals surface area contributed by atoms with Crippen LogP contribution in [0.1, 0.15) is 24.8 Å². The van der Waals surface area contributed by atoms with Gasteiger partial charge in [0.15, 0.2) is 0 Å². The van der Waals surface area contributed by atoms with E-state index in [9.17, 15) is 10.1 Å². The molecule has 0 aliphatic carbocycles. The summed E-state index contributed by atoms with van der Waals surface area (Å²) in [6.07, 6.45) is 3.13. The Hall–Kier alpha value is -2.13. The van der Waals surface area contributed by atoms with Gasteiger partial charge in [0.05, 0.1) is 4.92 Å². The molecule has 2 N–H and O–H groups in total. The van der Waals surface area contributed by atoms with Gasteiger partial charge >= 0.3 is 0 Å². The van der Waals surface area contributed by atoms with Crippen LogP contribution in [0.15, 0.2) is 18.2 Å². The largest absolute Gasteiger partial charge is 0.382 e. The summed E-state index contributed by atoms with van der Waals surface area (Å²) in [5, 5.41) is 26.4. The summed E-state index contributed by atoms with van der Waals surface area (Å²) in [6, 6.07) is 6.82. The Balaban J connectivity index is 2.14. The summed E-state index contributed by atoms with van der Waals surface area (Å²) in [4.78, 5) is 10.4. The highest BCUT2D eigenvalue weighted by molar-refractivity contribution is 5.59. The summed E-state index contributed by atoms with van der Waals surface area (Å²) in [7, 11) is 0. The van der Waals surface area contributed by atoms with E-state index >= 15 is 0 Å². The molecule has 1 heterocycles. The summed E-state index contributed by atoms with van der Waals surface area (Å²) in [5.74, 6) is 0. The van der Waals surface area contributed by atoms with Crippen LogP contribution in [0.2, 0.25) is 0 Å². The van der Waals surface area contributed by atoms with E-state index in [0.29, 0.717) is 11.7 Å². The van der Waals surface area contributed by atoms with E-state index in [4.69, 9.17) is 5.26 Å². The van der Waals surface area contributed by atoms with Crippen molar-refractivity contribution in [2.24, 2.45) is 0 Å². The lowest BCUT2D eigenvalue weighted by Gasteiger charge is -2.17. The number of nitrogens with zero attached hydrogens (tertiary/aromatic N) is 2. The lowest BCUT2D eigenvalue weighted by molar-refractivity contribution is -0.385. The minimum absolute atomic E-state index is 0.0954. The van der Waals surface area contributed by atoms with Gasteiger partial charge in [0.2, 0.25) is 0 Å². The number of nitro benzene ring substituents is 1. The number of anilines is 1. The molecule has 1 aromatic carbocycles. The van der Waals surface area contributed by atoms with Gasteiger partial charge in [-0.1, -0.05) is 0 Å². The fourth-order valence-corrected chi connectivity index (χ4v) is 2.27. The third kappa shape index (κ3) is 3.42. The fraction of sp³-hybridized carbons (Fsp3) is 0.462. The Morgan fingerprint density at radius 2 is 2.26 bits per heavy atom. The third-order valence-electron chi connectivity index (χ3n) is 3.26. The first-order valence-corrected chi connectivity index (χ1v) is 6.36. The van der Waals surface area contributed by atoms with Crippen molar-refractivity contribution in [1.29, 1.82) is 5.26 Å². The van der Waals surface area contributed by atoms with Gasteiger partial charge in [-0.3, -0.25) is 10.1 Å². The molecule has 19 heavy (non-hydrogen) atoms. The Bertz CT molecular complexity index is 502. The number of benzene rings is 1. The smallest absolute Gasteiger partial charge is 0.289 e. The molecule has 2 rings (SSSR count). The maximum absolute atomic E-state index is 10.9. The SMILES string of the molecule is N#Cc1ccc(NC2CCCNCC2)cc1[N+](=O)[O-]. The van der Waals surface area contributed by atoms with E-state index in [0.717, 1.165) is 32.4 Å². The Labute approximate surface area is 111 Å². The second kappa shape index (κ2) is 6.16. The average molecular weight is 260 g/mol. The molecule has 1 aliphatic heterocycles. The number of hydrogen-bond donors (Lipinski definition) is 2. The highest BCUT2D eigenvalue weighted by Crippen LogP contribution is 2.24. The molecule has 1 saturated heterocycles. The van der Waals surface area contributed by atoms with Gasteiger partial charge < -0.3 is 10.6 Å². The molecule has 1 atom stereocenters. The van der Waals surface area contributed by atoms with Crippen LogP contribution in [0.3, 0.4) is 0 Å². The molecule has 0 bridgehead atoms. The maximum atomic E-state index is 10.9. The highest BCUT2D eigenvalue weighted by atomic mass is 16.6. The molecular formula is C13H16N4O2. The van der Waals surface area contributed by atoms with Crippen LogP contribution in [0, 0.1) is 21.4 Å². The molecule has 1 unspecified atom stereocenters. The van der Waals surface area contributed by atoms with E-state index in [1.54, 1.807) is 6.07 Å². The number of hydrogen-bond acceptors (Lipinski definition) is 5. The zero-order valence-electron chi connectivity index (χ0n) is 10.6. The van der Waals surface area contributed by atoms with E-state index < -0.39 is 4.92 Å². The quantitative estimate of drug-likeness (QED) is 0.641. The zero-order valence-corrected chi connectivity index (χ0v) is 10.6. The van der Waals surface area contributed by atoms with E-state index in [-0.39, 0.29) is 11.3 Å². The Morgan fingerprint density at radius 3 is 3.00 bits per heavy atom. The monoisotopic (exact) mass is 260 g/mol. The molecule has 1 aliphatic rings. The van der Waals surface area contributed by atoms with E-state index in [1.165, 1.54) is 12.1 Å². The first-order chi connectivity index (χ1) is 9.20. The van der Waals surface area contributed by atoms with E-state index in [1.807, 2.05) is 6.07 Å². The van der Waals surface area contributed by atoms with Gasteiger partial charge in [0, 0.05) is 17.8 Å². The van der Waals surface area contributed by atoms with Crippen LogP contribution in [0.5, 0.6) is 0 Å². The summed E-state index contributed by atoms with van der Waals surface area (Å²) in [6.45, 7) is 1.97. The molecule has 6 nitrogen and oxygen atoms in total. The van der Waals surface area contributed by atoms with Crippen LogP contribution in [0.4, 0.5) is 11.4 Å². The molecule has 0 spiro atoms. The summed E-state index contributed by atoms with van der Waals surface area (Å²) >= 11 is 0. The van der Waals surface area contributed by atoms with Gasteiger partial charge in [0.25, 0.3) is 5.69 Å². The van der Waals surface area contributed by atoms with Gasteiger partial charge in [-0.05, 0) is 44.5 Å². The number of nitrogens with one attached hydrogen (secondary N) is 2.